The quantitative estimate of drug-likeness (QED) is 0.614. The molecular weight excluding hydrogens is 355 g/mol. The van der Waals surface area contributed by atoms with Crippen LogP contribution in [0, 0.1) is 5.82 Å². The minimum Gasteiger partial charge on any atom is -0.303 e. The van der Waals surface area contributed by atoms with Crippen LogP contribution >= 0.6 is 23.5 Å². The van der Waals surface area contributed by atoms with E-state index in [9.17, 15) is 18.8 Å². The van der Waals surface area contributed by atoms with Crippen LogP contribution in [0.1, 0.15) is 16.8 Å². The lowest BCUT2D eigenvalue weighted by atomic mass is 10.1. The number of ketones is 1. The maximum atomic E-state index is 12.9. The summed E-state index contributed by atoms with van der Waals surface area (Å²) in [4.78, 5) is 35.1. The average Bonchev–Trinajstić information content (AvgIpc) is 3.12. The van der Waals surface area contributed by atoms with E-state index in [-0.39, 0.29) is 34.9 Å². The van der Waals surface area contributed by atoms with Crippen molar-refractivity contribution in [3.63, 3.8) is 0 Å². The van der Waals surface area contributed by atoms with E-state index in [1.54, 1.807) is 0 Å². The van der Waals surface area contributed by atoms with Gasteiger partial charge in [0.2, 0.25) is 11.8 Å². The van der Waals surface area contributed by atoms with Crippen LogP contribution in [0.4, 0.5) is 4.39 Å². The minimum atomic E-state index is -0.618. The fraction of sp³-hybridized carbons (Fsp3) is 0.214. The van der Waals surface area contributed by atoms with Crippen LogP contribution in [0.5, 0.6) is 0 Å². The van der Waals surface area contributed by atoms with Crippen LogP contribution in [-0.4, -0.2) is 38.9 Å². The largest absolute Gasteiger partial charge is 0.303 e. The van der Waals surface area contributed by atoms with Gasteiger partial charge in [-0.25, -0.2) is 4.39 Å². The number of nitrogens with one attached hydrogen (secondary N) is 2. The Hall–Kier alpha value is -2.20. The number of hydrogen-bond acceptors (Lipinski definition) is 7. The molecule has 2 amide bonds. The second-order valence-electron chi connectivity index (χ2n) is 4.88. The zero-order valence-corrected chi connectivity index (χ0v) is 13.7. The van der Waals surface area contributed by atoms with Crippen molar-refractivity contribution in [3.05, 3.63) is 35.6 Å². The molecule has 2 heterocycles. The van der Waals surface area contributed by atoms with Crippen molar-refractivity contribution in [2.75, 3.05) is 5.75 Å². The predicted octanol–water partition coefficient (Wildman–Crippen LogP) is 1.12. The molecule has 2 saturated heterocycles. The monoisotopic (exact) mass is 366 g/mol. The first-order chi connectivity index (χ1) is 11.5. The standard InChI is InChI=1S/C14H11FN4O3S2/c15-8-3-1-7(2-4-8)9(20)5-10-12(22)17-14(24-10)19-18-13-16-11(21)6-23-13/h1-4,10H,5-6H2,(H,16,18,21)(H,17,19,22)/t10-/m0/s1. The lowest BCUT2D eigenvalue weighted by Gasteiger charge is -2.04. The van der Waals surface area contributed by atoms with Crippen LogP contribution in [0.15, 0.2) is 34.5 Å². The Balaban J connectivity index is 1.61. The summed E-state index contributed by atoms with van der Waals surface area (Å²) in [5, 5.41) is 12.8. The molecule has 0 bridgehead atoms. The highest BCUT2D eigenvalue weighted by atomic mass is 32.2. The van der Waals surface area contributed by atoms with Gasteiger partial charge in [0.1, 0.15) is 5.82 Å². The van der Waals surface area contributed by atoms with Crippen molar-refractivity contribution in [3.8, 4) is 0 Å². The number of benzene rings is 1. The van der Waals surface area contributed by atoms with Gasteiger partial charge in [0.25, 0.3) is 0 Å². The van der Waals surface area contributed by atoms with Gasteiger partial charge in [0.15, 0.2) is 16.1 Å². The number of rotatable bonds is 4. The van der Waals surface area contributed by atoms with Crippen molar-refractivity contribution in [1.29, 1.82) is 0 Å². The first-order valence-electron chi connectivity index (χ1n) is 6.86. The number of amidine groups is 2. The summed E-state index contributed by atoms with van der Waals surface area (Å²) < 4.78 is 12.9. The van der Waals surface area contributed by atoms with Crippen molar-refractivity contribution in [1.82, 2.24) is 10.6 Å². The maximum absolute atomic E-state index is 12.9. The second kappa shape index (κ2) is 7.14. The maximum Gasteiger partial charge on any atom is 0.240 e. The number of halogens is 1. The Morgan fingerprint density at radius 1 is 1.17 bits per heavy atom. The van der Waals surface area contributed by atoms with Gasteiger partial charge in [-0.1, -0.05) is 23.5 Å². The van der Waals surface area contributed by atoms with Gasteiger partial charge in [-0.05, 0) is 24.3 Å². The van der Waals surface area contributed by atoms with Crippen molar-refractivity contribution < 1.29 is 18.8 Å². The number of carbonyl (C=O) groups is 3. The summed E-state index contributed by atoms with van der Waals surface area (Å²) in [6, 6.07) is 5.17. The van der Waals surface area contributed by atoms with Gasteiger partial charge in [-0.3, -0.25) is 14.4 Å². The lowest BCUT2D eigenvalue weighted by Crippen LogP contribution is -2.26. The number of hydrogen-bond donors (Lipinski definition) is 2. The van der Waals surface area contributed by atoms with Gasteiger partial charge in [-0.2, -0.15) is 0 Å². The van der Waals surface area contributed by atoms with E-state index >= 15 is 0 Å². The van der Waals surface area contributed by atoms with Crippen LogP contribution in [-0.2, 0) is 9.59 Å². The van der Waals surface area contributed by atoms with E-state index in [4.69, 9.17) is 0 Å². The van der Waals surface area contributed by atoms with E-state index in [0.29, 0.717) is 10.7 Å². The van der Waals surface area contributed by atoms with Gasteiger partial charge in [0.05, 0.1) is 11.0 Å². The Bertz CT molecular complexity index is 764. The van der Waals surface area contributed by atoms with Crippen LogP contribution < -0.4 is 10.6 Å². The van der Waals surface area contributed by atoms with Gasteiger partial charge in [-0.15, -0.1) is 10.2 Å². The molecule has 0 spiro atoms. The summed E-state index contributed by atoms with van der Waals surface area (Å²) in [5.41, 5.74) is 0.348. The fourth-order valence-electron chi connectivity index (χ4n) is 1.98. The van der Waals surface area contributed by atoms with E-state index < -0.39 is 11.1 Å². The molecule has 0 aromatic heterocycles. The van der Waals surface area contributed by atoms with E-state index in [0.717, 1.165) is 11.8 Å². The molecule has 7 nitrogen and oxygen atoms in total. The number of nitrogens with zero attached hydrogens (tertiary/aromatic N) is 2. The van der Waals surface area contributed by atoms with Gasteiger partial charge in [0, 0.05) is 12.0 Å². The number of thioether (sulfide) groups is 2. The second-order valence-corrected chi connectivity index (χ2v) is 7.03. The molecule has 1 atom stereocenters. The SMILES string of the molecule is O=C1CS/C(=N/N=C2\NC(=O)[C@H](CC(=O)c3ccc(F)cc3)S2)N1. The summed E-state index contributed by atoms with van der Waals surface area (Å²) in [7, 11) is 0. The number of amides is 2. The Morgan fingerprint density at radius 3 is 2.54 bits per heavy atom. The zero-order chi connectivity index (χ0) is 17.1. The normalized spacial score (nSPS) is 23.6. The third-order valence-electron chi connectivity index (χ3n) is 3.13. The van der Waals surface area contributed by atoms with Gasteiger partial charge >= 0.3 is 0 Å². The zero-order valence-electron chi connectivity index (χ0n) is 12.1. The third-order valence-corrected chi connectivity index (χ3v) is 5.07. The Labute approximate surface area is 144 Å². The topological polar surface area (TPSA) is 100.0 Å². The third kappa shape index (κ3) is 4.01. The molecule has 1 aromatic rings. The van der Waals surface area contributed by atoms with E-state index in [1.807, 2.05) is 0 Å². The van der Waals surface area contributed by atoms with E-state index in [2.05, 4.69) is 20.8 Å². The highest BCUT2D eigenvalue weighted by Gasteiger charge is 2.32. The van der Waals surface area contributed by atoms with Crippen molar-refractivity contribution >= 4 is 51.5 Å². The fourth-order valence-corrected chi connectivity index (χ4v) is 3.52. The highest BCUT2D eigenvalue weighted by Crippen LogP contribution is 2.24. The van der Waals surface area contributed by atoms with Crippen LogP contribution in [0.25, 0.3) is 0 Å². The molecule has 0 aliphatic carbocycles. The highest BCUT2D eigenvalue weighted by molar-refractivity contribution is 8.15. The molecular formula is C14H11FN4O3S2. The first kappa shape index (κ1) is 16.7. The smallest absolute Gasteiger partial charge is 0.240 e. The first-order valence-corrected chi connectivity index (χ1v) is 8.72. The molecule has 2 aliphatic rings. The molecule has 2 fully saturated rings. The molecule has 10 heteroatoms. The lowest BCUT2D eigenvalue weighted by molar-refractivity contribution is -0.119. The number of Topliss-reactive ketones (excluding diaryl/α,β-unsaturated/α-hetero) is 1. The summed E-state index contributed by atoms with van der Waals surface area (Å²) >= 11 is 2.31. The molecule has 2 aliphatic heterocycles. The summed E-state index contributed by atoms with van der Waals surface area (Å²) in [5.74, 6) is -0.876. The van der Waals surface area contributed by atoms with Gasteiger partial charge < -0.3 is 10.6 Å². The van der Waals surface area contributed by atoms with E-state index in [1.165, 1.54) is 36.0 Å². The predicted molar refractivity (Wildman–Crippen MR) is 90.3 cm³/mol. The van der Waals surface area contributed by atoms with Crippen molar-refractivity contribution in [2.24, 2.45) is 10.2 Å². The Kier molecular flexibility index (Phi) is 4.95. The summed E-state index contributed by atoms with van der Waals surface area (Å²) in [6.07, 6.45) is -0.0246. The molecule has 124 valence electrons. The molecule has 2 N–H and O–H groups in total. The molecule has 0 saturated carbocycles. The minimum absolute atomic E-state index is 0.0246. The molecule has 0 unspecified atom stereocenters. The van der Waals surface area contributed by atoms with Crippen molar-refractivity contribution in [2.45, 2.75) is 11.7 Å². The van der Waals surface area contributed by atoms with Crippen LogP contribution in [0.2, 0.25) is 0 Å². The molecule has 1 aromatic carbocycles. The Morgan fingerprint density at radius 2 is 1.88 bits per heavy atom. The number of carbonyl (C=O) groups excluding carboxylic acids is 3. The molecule has 24 heavy (non-hydrogen) atoms. The molecule has 0 radical (unpaired) electrons. The molecule has 3 rings (SSSR count). The average molecular weight is 366 g/mol. The van der Waals surface area contributed by atoms with Crippen LogP contribution in [0.3, 0.4) is 0 Å². The summed E-state index contributed by atoms with van der Waals surface area (Å²) in [6.45, 7) is 0.